The van der Waals surface area contributed by atoms with Crippen molar-refractivity contribution >= 4 is 21.7 Å². The average molecular weight is 283 g/mol. The molecule has 0 spiro atoms. The van der Waals surface area contributed by atoms with Gasteiger partial charge in [-0.1, -0.05) is 0 Å². The highest BCUT2D eigenvalue weighted by Crippen LogP contribution is 2.34. The van der Waals surface area contributed by atoms with Gasteiger partial charge in [0, 0.05) is 5.56 Å². The molecule has 1 rings (SSSR count). The molecule has 0 aliphatic rings. The lowest BCUT2D eigenvalue weighted by Gasteiger charge is -2.07. The molecule has 0 radical (unpaired) electrons. The number of hydrogen-bond acceptors (Lipinski definition) is 4. The minimum absolute atomic E-state index is 0.0628. The van der Waals surface area contributed by atoms with Gasteiger partial charge in [0.1, 0.15) is 0 Å². The first kappa shape index (κ1) is 11.9. The van der Waals surface area contributed by atoms with E-state index >= 15 is 0 Å². The molecule has 0 bridgehead atoms. The van der Waals surface area contributed by atoms with E-state index in [2.05, 4.69) is 20.9 Å². The largest absolute Gasteiger partial charge is 0.391 e. The van der Waals surface area contributed by atoms with Crippen molar-refractivity contribution in [2.24, 2.45) is 0 Å². The van der Waals surface area contributed by atoms with Crippen molar-refractivity contribution in [2.75, 3.05) is 0 Å². The Morgan fingerprint density at radius 1 is 1.67 bits per heavy atom. The lowest BCUT2D eigenvalue weighted by molar-refractivity contribution is -0.390. The highest BCUT2D eigenvalue weighted by molar-refractivity contribution is 9.10. The fraction of sp³-hybridized carbons (Fsp3) is 0.286. The Labute approximate surface area is 91.0 Å². The SMILES string of the molecule is O=[N+]([O-])c1ncc(Br)c(C(F)F)c1CO. The fourth-order valence-corrected chi connectivity index (χ4v) is 1.59. The van der Waals surface area contributed by atoms with E-state index in [-0.39, 0.29) is 4.47 Å². The Balaban J connectivity index is 3.47. The molecule has 0 amide bonds. The number of aliphatic hydroxyl groups excluding tert-OH is 1. The van der Waals surface area contributed by atoms with Gasteiger partial charge < -0.3 is 15.2 Å². The smallest absolute Gasteiger partial charge is 0.369 e. The molecule has 0 atom stereocenters. The van der Waals surface area contributed by atoms with Crippen LogP contribution in [0.5, 0.6) is 0 Å². The molecule has 0 unspecified atom stereocenters. The Morgan fingerprint density at radius 3 is 2.67 bits per heavy atom. The summed E-state index contributed by atoms with van der Waals surface area (Å²) in [5.74, 6) is -0.754. The molecule has 0 fully saturated rings. The van der Waals surface area contributed by atoms with Crippen LogP contribution in [0.2, 0.25) is 0 Å². The second-order valence-electron chi connectivity index (χ2n) is 2.54. The summed E-state index contributed by atoms with van der Waals surface area (Å²) in [6.45, 7) is -0.859. The van der Waals surface area contributed by atoms with E-state index in [9.17, 15) is 18.9 Å². The van der Waals surface area contributed by atoms with Crippen molar-refractivity contribution in [1.82, 2.24) is 4.98 Å². The molecule has 0 aromatic carbocycles. The van der Waals surface area contributed by atoms with Crippen LogP contribution in [0.4, 0.5) is 14.6 Å². The number of pyridine rings is 1. The van der Waals surface area contributed by atoms with Gasteiger partial charge in [-0.2, -0.15) is 0 Å². The van der Waals surface area contributed by atoms with Crippen LogP contribution in [0, 0.1) is 10.1 Å². The Morgan fingerprint density at radius 2 is 2.27 bits per heavy atom. The summed E-state index contributed by atoms with van der Waals surface area (Å²) in [5, 5.41) is 19.3. The third-order valence-electron chi connectivity index (χ3n) is 1.70. The first-order chi connectivity index (χ1) is 6.99. The standard InChI is InChI=1S/C7H5BrF2N2O3/c8-4-1-11-7(12(14)15)3(2-13)5(4)6(9)10/h1,6,13H,2H2. The molecule has 0 saturated carbocycles. The van der Waals surface area contributed by atoms with Crippen LogP contribution in [-0.2, 0) is 6.61 Å². The molecule has 8 heteroatoms. The van der Waals surface area contributed by atoms with Crippen molar-refractivity contribution in [1.29, 1.82) is 0 Å². The summed E-state index contributed by atoms with van der Waals surface area (Å²) in [4.78, 5) is 12.9. The van der Waals surface area contributed by atoms with Gasteiger partial charge in [-0.05, 0) is 25.8 Å². The molecular weight excluding hydrogens is 278 g/mol. The van der Waals surface area contributed by atoms with Crippen molar-refractivity contribution < 1.29 is 18.8 Å². The molecule has 1 N–H and O–H groups in total. The Kier molecular flexibility index (Phi) is 3.64. The highest BCUT2D eigenvalue weighted by atomic mass is 79.9. The third-order valence-corrected chi connectivity index (χ3v) is 2.33. The number of halogens is 3. The molecule has 15 heavy (non-hydrogen) atoms. The van der Waals surface area contributed by atoms with Gasteiger partial charge in [-0.15, -0.1) is 0 Å². The number of aliphatic hydroxyl groups is 1. The molecular formula is C7H5BrF2N2O3. The maximum Gasteiger partial charge on any atom is 0.369 e. The number of hydrogen-bond donors (Lipinski definition) is 1. The molecule has 0 aliphatic carbocycles. The zero-order valence-corrected chi connectivity index (χ0v) is 8.74. The van der Waals surface area contributed by atoms with Gasteiger partial charge in [0.05, 0.1) is 16.6 Å². The van der Waals surface area contributed by atoms with Crippen LogP contribution in [0.3, 0.4) is 0 Å². The summed E-state index contributed by atoms with van der Waals surface area (Å²) in [7, 11) is 0. The first-order valence-electron chi connectivity index (χ1n) is 3.69. The van der Waals surface area contributed by atoms with Crippen LogP contribution in [0.1, 0.15) is 17.6 Å². The van der Waals surface area contributed by atoms with Gasteiger partial charge in [0.25, 0.3) is 6.43 Å². The minimum Gasteiger partial charge on any atom is -0.391 e. The minimum atomic E-state index is -2.91. The number of nitrogens with zero attached hydrogens (tertiary/aromatic N) is 2. The quantitative estimate of drug-likeness (QED) is 0.681. The van der Waals surface area contributed by atoms with E-state index < -0.39 is 34.9 Å². The van der Waals surface area contributed by atoms with Gasteiger partial charge in [-0.25, -0.2) is 8.78 Å². The number of rotatable bonds is 3. The molecule has 0 aliphatic heterocycles. The maximum absolute atomic E-state index is 12.5. The van der Waals surface area contributed by atoms with Crippen molar-refractivity contribution in [3.05, 3.63) is 31.9 Å². The second kappa shape index (κ2) is 4.58. The van der Waals surface area contributed by atoms with Gasteiger partial charge >= 0.3 is 5.82 Å². The van der Waals surface area contributed by atoms with Crippen LogP contribution in [-0.4, -0.2) is 15.0 Å². The van der Waals surface area contributed by atoms with Crippen molar-refractivity contribution in [3.8, 4) is 0 Å². The molecule has 1 aromatic rings. The van der Waals surface area contributed by atoms with E-state index in [4.69, 9.17) is 5.11 Å². The van der Waals surface area contributed by atoms with Crippen LogP contribution >= 0.6 is 15.9 Å². The predicted molar refractivity (Wildman–Crippen MR) is 49.5 cm³/mol. The summed E-state index contributed by atoms with van der Waals surface area (Å²) < 4.78 is 25.0. The summed E-state index contributed by atoms with van der Waals surface area (Å²) in [5.41, 5.74) is -1.07. The van der Waals surface area contributed by atoms with E-state index in [0.717, 1.165) is 6.20 Å². The van der Waals surface area contributed by atoms with E-state index in [1.165, 1.54) is 0 Å². The molecule has 0 saturated heterocycles. The van der Waals surface area contributed by atoms with Crippen LogP contribution in [0.15, 0.2) is 10.7 Å². The third kappa shape index (κ3) is 2.26. The summed E-state index contributed by atoms with van der Waals surface area (Å²) >= 11 is 2.80. The molecule has 1 aromatic heterocycles. The van der Waals surface area contributed by atoms with Crippen LogP contribution < -0.4 is 0 Å². The Hall–Kier alpha value is -1.15. The second-order valence-corrected chi connectivity index (χ2v) is 3.39. The lowest BCUT2D eigenvalue weighted by Crippen LogP contribution is -2.04. The zero-order valence-electron chi connectivity index (χ0n) is 7.15. The zero-order chi connectivity index (χ0) is 11.6. The van der Waals surface area contributed by atoms with E-state index in [0.29, 0.717) is 0 Å². The first-order valence-corrected chi connectivity index (χ1v) is 4.49. The van der Waals surface area contributed by atoms with Gasteiger partial charge in [-0.3, -0.25) is 0 Å². The Bertz CT molecular complexity index is 400. The number of alkyl halides is 2. The number of aromatic nitrogens is 1. The number of nitro groups is 1. The predicted octanol–water partition coefficient (Wildman–Crippen LogP) is 2.18. The van der Waals surface area contributed by atoms with Crippen molar-refractivity contribution in [2.45, 2.75) is 13.0 Å². The normalized spacial score (nSPS) is 10.7. The molecule has 5 nitrogen and oxygen atoms in total. The van der Waals surface area contributed by atoms with E-state index in [1.54, 1.807) is 0 Å². The summed E-state index contributed by atoms with van der Waals surface area (Å²) in [6, 6.07) is 0. The summed E-state index contributed by atoms with van der Waals surface area (Å²) in [6.07, 6.45) is -2.00. The topological polar surface area (TPSA) is 76.3 Å². The van der Waals surface area contributed by atoms with E-state index in [1.807, 2.05) is 0 Å². The molecule has 82 valence electrons. The van der Waals surface area contributed by atoms with Gasteiger partial charge in [0.2, 0.25) is 0 Å². The van der Waals surface area contributed by atoms with Gasteiger partial charge in [0.15, 0.2) is 6.20 Å². The monoisotopic (exact) mass is 282 g/mol. The lowest BCUT2D eigenvalue weighted by atomic mass is 10.1. The maximum atomic E-state index is 12.5. The highest BCUT2D eigenvalue weighted by Gasteiger charge is 2.26. The fourth-order valence-electron chi connectivity index (χ4n) is 1.08. The van der Waals surface area contributed by atoms with Crippen LogP contribution in [0.25, 0.3) is 0 Å². The molecule has 1 heterocycles. The van der Waals surface area contributed by atoms with Crippen molar-refractivity contribution in [3.63, 3.8) is 0 Å². The average Bonchev–Trinajstić information content (AvgIpc) is 2.15.